The molecule has 0 radical (unpaired) electrons. The van der Waals surface area contributed by atoms with E-state index in [9.17, 15) is 9.90 Å². The van der Waals surface area contributed by atoms with Crippen LogP contribution in [-0.4, -0.2) is 28.4 Å². The van der Waals surface area contributed by atoms with E-state index in [1.54, 1.807) is 37.4 Å². The van der Waals surface area contributed by atoms with Gasteiger partial charge in [-0.15, -0.1) is 11.3 Å². The van der Waals surface area contributed by atoms with Gasteiger partial charge >= 0.3 is 0 Å². The Morgan fingerprint density at radius 1 is 1.29 bits per heavy atom. The summed E-state index contributed by atoms with van der Waals surface area (Å²) in [5.41, 5.74) is 3.41. The number of thiazole rings is 1. The largest absolute Gasteiger partial charge is 0.494 e. The average molecular weight is 452 g/mol. The highest BCUT2D eigenvalue weighted by atomic mass is 32.1. The molecule has 0 fully saturated rings. The zero-order valence-corrected chi connectivity index (χ0v) is 18.7. The summed E-state index contributed by atoms with van der Waals surface area (Å²) in [5.74, 6) is 0.427. The number of benzene rings is 2. The summed E-state index contributed by atoms with van der Waals surface area (Å²) in [6, 6.07) is 14.2. The van der Waals surface area contributed by atoms with Crippen molar-refractivity contribution in [2.45, 2.75) is 19.9 Å². The van der Waals surface area contributed by atoms with Crippen LogP contribution in [-0.2, 0) is 4.79 Å². The van der Waals surface area contributed by atoms with Crippen molar-refractivity contribution < 1.29 is 14.6 Å². The first kappa shape index (κ1) is 21.0. The van der Waals surface area contributed by atoms with Gasteiger partial charge in [-0.05, 0) is 62.5 Å². The van der Waals surface area contributed by atoms with Crippen LogP contribution in [0.15, 0.2) is 53.5 Å². The molecule has 2 aromatic carbocycles. The summed E-state index contributed by atoms with van der Waals surface area (Å²) in [6.45, 7) is 4.19. The van der Waals surface area contributed by atoms with Crippen LogP contribution in [0.2, 0.25) is 0 Å². The highest BCUT2D eigenvalue weighted by molar-refractivity contribution is 7.73. The minimum absolute atomic E-state index is 0.0328. The zero-order valence-electron chi connectivity index (χ0n) is 17.0. The second-order valence-corrected chi connectivity index (χ2v) is 8.60. The number of hydrogen-bond acceptors (Lipinski definition) is 6. The van der Waals surface area contributed by atoms with Crippen molar-refractivity contribution in [1.82, 2.24) is 4.57 Å². The molecule has 0 saturated carbocycles. The minimum Gasteiger partial charge on any atom is -0.494 e. The Bertz CT molecular complexity index is 1240. The second kappa shape index (κ2) is 8.87. The number of hydrogen-bond donors (Lipinski definition) is 2. The van der Waals surface area contributed by atoms with Gasteiger partial charge in [0.1, 0.15) is 11.8 Å². The van der Waals surface area contributed by atoms with Gasteiger partial charge in [0.05, 0.1) is 17.2 Å². The maximum atomic E-state index is 12.8. The molecule has 3 aromatic rings. The van der Waals surface area contributed by atoms with E-state index in [4.69, 9.17) is 17.0 Å². The number of amides is 1. The summed E-state index contributed by atoms with van der Waals surface area (Å²) < 4.78 is 7.30. The minimum atomic E-state index is -0.688. The van der Waals surface area contributed by atoms with E-state index >= 15 is 0 Å². The third kappa shape index (κ3) is 4.30. The van der Waals surface area contributed by atoms with Crippen LogP contribution in [0.25, 0.3) is 11.6 Å². The average Bonchev–Trinajstić information content (AvgIpc) is 3.30. The van der Waals surface area contributed by atoms with E-state index in [1.807, 2.05) is 37.3 Å². The number of carbonyl (C=O) groups excluding carboxylic acids is 1. The quantitative estimate of drug-likeness (QED) is 0.462. The van der Waals surface area contributed by atoms with E-state index in [2.05, 4.69) is 10.3 Å². The van der Waals surface area contributed by atoms with Crippen molar-refractivity contribution in [3.05, 3.63) is 62.9 Å². The van der Waals surface area contributed by atoms with Crippen molar-refractivity contribution in [3.63, 3.8) is 0 Å². The van der Waals surface area contributed by atoms with Crippen LogP contribution < -0.4 is 10.1 Å². The van der Waals surface area contributed by atoms with Gasteiger partial charge in [-0.3, -0.25) is 14.4 Å². The summed E-state index contributed by atoms with van der Waals surface area (Å²) >= 11 is 6.70. The molecule has 0 bridgehead atoms. The Labute approximate surface area is 189 Å². The highest BCUT2D eigenvalue weighted by Gasteiger charge is 2.22. The normalized spacial score (nSPS) is 14.5. The lowest BCUT2D eigenvalue weighted by Gasteiger charge is -2.15. The van der Waals surface area contributed by atoms with E-state index in [0.717, 1.165) is 22.6 Å². The first-order valence-electron chi connectivity index (χ1n) is 9.81. The number of rotatable bonds is 6. The number of para-hydroxylation sites is 1. The summed E-state index contributed by atoms with van der Waals surface area (Å²) in [5, 5.41) is 13.7. The van der Waals surface area contributed by atoms with Gasteiger partial charge in [0, 0.05) is 23.0 Å². The number of allylic oxidation sites excluding steroid dienone is 1. The fourth-order valence-electron chi connectivity index (χ4n) is 3.29. The molecule has 6 nitrogen and oxygen atoms in total. The monoisotopic (exact) mass is 451 g/mol. The Morgan fingerprint density at radius 2 is 2.03 bits per heavy atom. The molecule has 0 spiro atoms. The third-order valence-electron chi connectivity index (χ3n) is 4.89. The number of nitrogens with zero attached hydrogens (tertiary/aromatic N) is 2. The molecule has 1 aromatic heterocycles. The highest BCUT2D eigenvalue weighted by Crippen LogP contribution is 2.37. The lowest BCUT2D eigenvalue weighted by molar-refractivity contribution is -0.118. The Balaban J connectivity index is 1.56. The Kier molecular flexibility index (Phi) is 6.01. The smallest absolute Gasteiger partial charge is 0.247 e. The van der Waals surface area contributed by atoms with Crippen LogP contribution in [0.3, 0.4) is 0 Å². The molecule has 0 saturated heterocycles. The maximum Gasteiger partial charge on any atom is 0.247 e. The molecule has 2 heterocycles. The molecule has 1 aliphatic heterocycles. The van der Waals surface area contributed by atoms with E-state index in [0.29, 0.717) is 21.1 Å². The number of ether oxygens (including phenoxy) is 1. The van der Waals surface area contributed by atoms with Gasteiger partial charge < -0.3 is 15.2 Å². The van der Waals surface area contributed by atoms with Crippen molar-refractivity contribution in [2.75, 3.05) is 11.9 Å². The lowest BCUT2D eigenvalue weighted by Crippen LogP contribution is -2.23. The number of nitrogens with one attached hydrogen (secondary N) is 1. The van der Waals surface area contributed by atoms with Crippen LogP contribution in [0.5, 0.6) is 11.6 Å². The van der Waals surface area contributed by atoms with Crippen LogP contribution in [0.1, 0.15) is 30.3 Å². The molecule has 31 heavy (non-hydrogen) atoms. The van der Waals surface area contributed by atoms with Crippen molar-refractivity contribution in [3.8, 4) is 11.6 Å². The van der Waals surface area contributed by atoms with Crippen molar-refractivity contribution in [2.24, 2.45) is 4.99 Å². The van der Waals surface area contributed by atoms with E-state index < -0.39 is 6.04 Å². The molecule has 158 valence electrons. The number of carbonyl (C=O) groups is 1. The van der Waals surface area contributed by atoms with Crippen molar-refractivity contribution in [1.29, 1.82) is 0 Å². The molecular formula is C23H21N3O3S2. The number of aliphatic imine (C=N–C) groups is 1. The first-order valence-corrected chi connectivity index (χ1v) is 11.0. The van der Waals surface area contributed by atoms with Gasteiger partial charge in [0.25, 0.3) is 0 Å². The predicted octanol–water partition coefficient (Wildman–Crippen LogP) is 5.84. The maximum absolute atomic E-state index is 12.8. The lowest BCUT2D eigenvalue weighted by atomic mass is 10.1. The number of aromatic hydroxyl groups is 1. The molecule has 1 unspecified atom stereocenters. The zero-order chi connectivity index (χ0) is 22.0. The summed E-state index contributed by atoms with van der Waals surface area (Å²) in [4.78, 5) is 17.8. The number of anilines is 1. The standard InChI is InChI=1S/C23H21N3O3S2/c1-3-29-17-10-8-16(9-11-17)25-21(27)14(2)26-22(28)20(31-23(26)30)12-15-13-24-19-7-5-4-6-18(15)19/h4-14,28H,3H2,1-2H3,(H,25,27)/b15-12+. The predicted molar refractivity (Wildman–Crippen MR) is 128 cm³/mol. The molecule has 1 aliphatic rings. The van der Waals surface area contributed by atoms with Gasteiger partial charge in [-0.25, -0.2) is 0 Å². The molecule has 1 atom stereocenters. The first-order chi connectivity index (χ1) is 15.0. The fraction of sp³-hybridized carbons (Fsp3) is 0.174. The van der Waals surface area contributed by atoms with E-state index in [1.165, 1.54) is 15.9 Å². The molecular weight excluding hydrogens is 430 g/mol. The number of fused-ring (bicyclic) bond motifs is 1. The Hall–Kier alpha value is -3.23. The van der Waals surface area contributed by atoms with Crippen LogP contribution in [0.4, 0.5) is 11.4 Å². The van der Waals surface area contributed by atoms with E-state index in [-0.39, 0.29) is 11.8 Å². The topological polar surface area (TPSA) is 75.8 Å². The van der Waals surface area contributed by atoms with Gasteiger partial charge in [-0.1, -0.05) is 18.2 Å². The van der Waals surface area contributed by atoms with Crippen LogP contribution >= 0.6 is 23.6 Å². The fourth-order valence-corrected chi connectivity index (χ4v) is 4.71. The summed E-state index contributed by atoms with van der Waals surface area (Å²) in [7, 11) is 0. The summed E-state index contributed by atoms with van der Waals surface area (Å²) in [6.07, 6.45) is 3.61. The van der Waals surface area contributed by atoms with Crippen molar-refractivity contribution >= 4 is 58.7 Å². The molecule has 8 heteroatoms. The molecule has 0 aliphatic carbocycles. The second-order valence-electron chi connectivity index (χ2n) is 6.92. The van der Waals surface area contributed by atoms with Gasteiger partial charge in [0.15, 0.2) is 3.95 Å². The number of aromatic nitrogens is 1. The molecule has 1 amide bonds. The van der Waals surface area contributed by atoms with Gasteiger partial charge in [-0.2, -0.15) is 0 Å². The van der Waals surface area contributed by atoms with Crippen LogP contribution in [0, 0.1) is 3.95 Å². The SMILES string of the molecule is CCOc1ccc(NC(=O)C(C)n2c(O)c(/C=C3\C=Nc4ccccc43)sc2=S)cc1. The molecule has 2 N–H and O–H groups in total. The van der Waals surface area contributed by atoms with Gasteiger partial charge in [0.2, 0.25) is 11.8 Å². The Morgan fingerprint density at radius 3 is 2.77 bits per heavy atom. The molecule has 4 rings (SSSR count). The third-order valence-corrected chi connectivity index (χ3v) is 6.22.